The molecule has 0 unspecified atom stereocenters. The third-order valence-electron chi connectivity index (χ3n) is 2.62. The summed E-state index contributed by atoms with van der Waals surface area (Å²) in [5.41, 5.74) is 0.345. The van der Waals surface area contributed by atoms with E-state index in [-0.39, 0.29) is 57.1 Å². The molecule has 20 heavy (non-hydrogen) atoms. The van der Waals surface area contributed by atoms with Crippen molar-refractivity contribution >= 4 is 12.4 Å². The maximum atomic E-state index is 12.6. The number of ether oxygens (including phenoxy) is 1. The average Bonchev–Trinajstić information content (AvgIpc) is 2.39. The van der Waals surface area contributed by atoms with Gasteiger partial charge in [-0.25, -0.2) is 0 Å². The summed E-state index contributed by atoms with van der Waals surface area (Å²) >= 11 is 0. The Hall–Kier alpha value is -0.339. The van der Waals surface area contributed by atoms with Gasteiger partial charge in [0, 0.05) is 18.8 Å². The molecule has 100 valence electrons. The Morgan fingerprint density at radius 3 is 2.55 bits per heavy atom. The first-order valence-corrected chi connectivity index (χ1v) is 5.87. The minimum Gasteiger partial charge on any atom is -0.493 e. The van der Waals surface area contributed by atoms with Crippen molar-refractivity contribution in [3.8, 4) is 5.75 Å². The molecule has 0 bridgehead atoms. The van der Waals surface area contributed by atoms with Crippen LogP contribution in [-0.4, -0.2) is 18.6 Å². The Morgan fingerprint density at radius 2 is 1.90 bits per heavy atom. The summed E-state index contributed by atoms with van der Waals surface area (Å²) in [6, 6.07) is 8.66. The van der Waals surface area contributed by atoms with Gasteiger partial charge in [0.15, 0.2) is 0 Å². The summed E-state index contributed by atoms with van der Waals surface area (Å²) in [4.78, 5) is 3.95. The number of halogens is 3. The first kappa shape index (κ1) is 17.7. The Labute approximate surface area is 158 Å². The Bertz CT molecular complexity index is 537. The number of benzene rings is 1. The fourth-order valence-corrected chi connectivity index (χ4v) is 1.64. The van der Waals surface area contributed by atoms with Gasteiger partial charge in [-0.2, -0.15) is 0 Å². The van der Waals surface area contributed by atoms with E-state index in [4.69, 9.17) is 4.74 Å². The Kier molecular flexibility index (Phi) is 7.25. The molecule has 0 atom stereocenters. The van der Waals surface area contributed by atoms with Crippen molar-refractivity contribution in [3.63, 3.8) is 0 Å². The summed E-state index contributed by atoms with van der Waals surface area (Å²) in [5, 5.41) is 0. The van der Waals surface area contributed by atoms with E-state index in [0.717, 1.165) is 17.7 Å². The molecule has 0 aliphatic rings. The van der Waals surface area contributed by atoms with Crippen molar-refractivity contribution < 1.29 is 69.1 Å². The number of hydrogen-bond acceptors (Lipinski definition) is 2. The van der Waals surface area contributed by atoms with Gasteiger partial charge in [0.2, 0.25) is 0 Å². The minimum atomic E-state index is -4.98. The normalized spacial score (nSPS) is 10.8. The molecular formula is C13H12BF3KNO. The van der Waals surface area contributed by atoms with Crippen LogP contribution in [0.2, 0.25) is 0 Å². The fraction of sp³-hybridized carbons (Fsp3) is 0.154. The van der Waals surface area contributed by atoms with Gasteiger partial charge in [-0.15, -0.1) is 5.46 Å². The van der Waals surface area contributed by atoms with Crippen LogP contribution in [-0.2, 0) is 6.42 Å². The molecule has 1 aromatic heterocycles. The monoisotopic (exact) mass is 305 g/mol. The summed E-state index contributed by atoms with van der Waals surface area (Å²) in [7, 11) is 0. The van der Waals surface area contributed by atoms with Crippen LogP contribution in [0.15, 0.2) is 48.8 Å². The first-order valence-electron chi connectivity index (χ1n) is 5.87. The number of nitrogens with zero attached hydrogens (tertiary/aromatic N) is 1. The van der Waals surface area contributed by atoms with Crippen molar-refractivity contribution in [2.75, 3.05) is 6.61 Å². The third kappa shape index (κ3) is 5.57. The number of rotatable bonds is 5. The van der Waals surface area contributed by atoms with E-state index in [1.165, 1.54) is 12.1 Å². The molecular weight excluding hydrogens is 293 g/mol. The molecule has 7 heteroatoms. The molecule has 0 N–H and O–H groups in total. The van der Waals surface area contributed by atoms with E-state index < -0.39 is 12.4 Å². The van der Waals surface area contributed by atoms with Gasteiger partial charge < -0.3 is 17.7 Å². The largest absolute Gasteiger partial charge is 1.00 e. The van der Waals surface area contributed by atoms with Gasteiger partial charge in [-0.1, -0.05) is 18.2 Å². The second-order valence-corrected chi connectivity index (χ2v) is 4.11. The molecule has 0 spiro atoms. The predicted molar refractivity (Wildman–Crippen MR) is 68.6 cm³/mol. The average molecular weight is 305 g/mol. The Morgan fingerprint density at radius 1 is 1.10 bits per heavy atom. The molecule has 0 saturated heterocycles. The van der Waals surface area contributed by atoms with Crippen molar-refractivity contribution in [2.45, 2.75) is 6.42 Å². The molecule has 2 nitrogen and oxygen atoms in total. The summed E-state index contributed by atoms with van der Waals surface area (Å²) in [6.45, 7) is -4.66. The van der Waals surface area contributed by atoms with Crippen LogP contribution in [0.1, 0.15) is 5.56 Å². The zero-order valence-corrected chi connectivity index (χ0v) is 14.2. The number of aromatic nitrogens is 1. The van der Waals surface area contributed by atoms with E-state index in [0.29, 0.717) is 13.0 Å². The molecule has 0 radical (unpaired) electrons. The maximum Gasteiger partial charge on any atom is 1.00 e. The van der Waals surface area contributed by atoms with Crippen molar-refractivity contribution in [1.82, 2.24) is 4.98 Å². The van der Waals surface area contributed by atoms with Gasteiger partial charge in [-0.3, -0.25) is 4.98 Å². The zero-order chi connectivity index (χ0) is 13.7. The number of hydrogen-bond donors (Lipinski definition) is 0. The van der Waals surface area contributed by atoms with Gasteiger partial charge in [0.25, 0.3) is 0 Å². The van der Waals surface area contributed by atoms with Crippen LogP contribution in [0.3, 0.4) is 0 Å². The van der Waals surface area contributed by atoms with E-state index in [1.807, 2.05) is 12.1 Å². The standard InChI is InChI=1S/C13H12BF3NO.K/c15-14(16,17)12-4-1-5-13(9-12)19-8-6-11-3-2-7-18-10-11;/h1-5,7,9-10H,6,8H2;/q-1;+1. The second-order valence-electron chi connectivity index (χ2n) is 4.11. The van der Waals surface area contributed by atoms with Crippen molar-refractivity contribution in [2.24, 2.45) is 0 Å². The van der Waals surface area contributed by atoms with Gasteiger partial charge >= 0.3 is 58.4 Å². The molecule has 0 fully saturated rings. The SMILES string of the molecule is F[B-](F)(F)c1cccc(OCCc2cccnc2)c1.[K+]. The molecule has 2 aromatic rings. The predicted octanol–water partition coefficient (Wildman–Crippen LogP) is -0.239. The molecule has 0 aliphatic carbocycles. The van der Waals surface area contributed by atoms with Crippen LogP contribution in [0, 0.1) is 0 Å². The maximum absolute atomic E-state index is 12.6. The quantitative estimate of drug-likeness (QED) is 0.712. The van der Waals surface area contributed by atoms with Gasteiger partial charge in [0.1, 0.15) is 5.75 Å². The Balaban J connectivity index is 0.00000200. The van der Waals surface area contributed by atoms with Crippen LogP contribution >= 0.6 is 0 Å². The first-order chi connectivity index (χ1) is 9.05. The molecule has 0 aliphatic heterocycles. The van der Waals surface area contributed by atoms with E-state index >= 15 is 0 Å². The van der Waals surface area contributed by atoms with Crippen LogP contribution in [0.25, 0.3) is 0 Å². The molecule has 0 saturated carbocycles. The van der Waals surface area contributed by atoms with E-state index in [2.05, 4.69) is 4.98 Å². The molecule has 0 amide bonds. The summed E-state index contributed by atoms with van der Waals surface area (Å²) in [5.74, 6) is 0.237. The molecule has 2 rings (SSSR count). The van der Waals surface area contributed by atoms with Gasteiger partial charge in [0.05, 0.1) is 6.61 Å². The van der Waals surface area contributed by atoms with Crippen LogP contribution in [0.5, 0.6) is 5.75 Å². The van der Waals surface area contributed by atoms with Crippen LogP contribution < -0.4 is 61.6 Å². The molecule has 1 aromatic carbocycles. The summed E-state index contributed by atoms with van der Waals surface area (Å²) in [6.07, 6.45) is 3.98. The topological polar surface area (TPSA) is 22.1 Å². The van der Waals surface area contributed by atoms with Gasteiger partial charge in [-0.05, 0) is 23.8 Å². The second kappa shape index (κ2) is 8.19. The van der Waals surface area contributed by atoms with E-state index in [9.17, 15) is 12.9 Å². The van der Waals surface area contributed by atoms with E-state index in [1.54, 1.807) is 12.4 Å². The van der Waals surface area contributed by atoms with Crippen molar-refractivity contribution in [1.29, 1.82) is 0 Å². The molecule has 1 heterocycles. The van der Waals surface area contributed by atoms with Crippen LogP contribution in [0.4, 0.5) is 12.9 Å². The van der Waals surface area contributed by atoms with Crippen molar-refractivity contribution in [3.05, 3.63) is 54.4 Å². The minimum absolute atomic E-state index is 0. The third-order valence-corrected chi connectivity index (χ3v) is 2.62. The zero-order valence-electron chi connectivity index (χ0n) is 11.1. The summed E-state index contributed by atoms with van der Waals surface area (Å²) < 4.78 is 43.0. The number of pyridine rings is 1. The fourth-order valence-electron chi connectivity index (χ4n) is 1.64. The smallest absolute Gasteiger partial charge is 0.493 e.